The summed E-state index contributed by atoms with van der Waals surface area (Å²) in [4.78, 5) is 18.7. The lowest BCUT2D eigenvalue weighted by atomic mass is 10.0. The van der Waals surface area contributed by atoms with E-state index in [1.54, 1.807) is 6.20 Å². The number of nitrogens with zero attached hydrogens (tertiary/aromatic N) is 3. The lowest BCUT2D eigenvalue weighted by Crippen LogP contribution is -2.28. The van der Waals surface area contributed by atoms with E-state index in [0.717, 1.165) is 17.0 Å². The SMILES string of the molecule is O=C1C/C(=N\Nc2nccs2)C(c2ccccc2)N1c1ccccc1. The first kappa shape index (κ1) is 15.5. The van der Waals surface area contributed by atoms with Gasteiger partial charge in [-0.25, -0.2) is 4.98 Å². The monoisotopic (exact) mass is 348 g/mol. The Balaban J connectivity index is 1.74. The summed E-state index contributed by atoms with van der Waals surface area (Å²) < 4.78 is 0. The van der Waals surface area contributed by atoms with E-state index in [4.69, 9.17) is 0 Å². The van der Waals surface area contributed by atoms with Gasteiger partial charge in [-0.3, -0.25) is 15.1 Å². The minimum Gasteiger partial charge on any atom is -0.299 e. The molecule has 1 saturated heterocycles. The van der Waals surface area contributed by atoms with E-state index in [9.17, 15) is 4.79 Å². The van der Waals surface area contributed by atoms with E-state index in [1.807, 2.05) is 70.9 Å². The molecule has 1 aliphatic heterocycles. The van der Waals surface area contributed by atoms with Crippen LogP contribution in [0.3, 0.4) is 0 Å². The van der Waals surface area contributed by atoms with Gasteiger partial charge in [-0.2, -0.15) is 5.10 Å². The van der Waals surface area contributed by atoms with Gasteiger partial charge in [0.25, 0.3) is 0 Å². The highest BCUT2D eigenvalue weighted by Gasteiger charge is 2.38. The number of para-hydroxylation sites is 1. The summed E-state index contributed by atoms with van der Waals surface area (Å²) in [6, 6.07) is 19.5. The van der Waals surface area contributed by atoms with Crippen LogP contribution in [0.15, 0.2) is 77.3 Å². The van der Waals surface area contributed by atoms with Crippen LogP contribution in [0.4, 0.5) is 10.8 Å². The van der Waals surface area contributed by atoms with Crippen molar-refractivity contribution < 1.29 is 4.79 Å². The molecule has 3 aromatic rings. The lowest BCUT2D eigenvalue weighted by molar-refractivity contribution is -0.116. The van der Waals surface area contributed by atoms with Gasteiger partial charge in [-0.15, -0.1) is 11.3 Å². The quantitative estimate of drug-likeness (QED) is 0.723. The van der Waals surface area contributed by atoms with Crippen LogP contribution < -0.4 is 10.3 Å². The number of thiazole rings is 1. The second-order valence-corrected chi connectivity index (χ2v) is 6.54. The van der Waals surface area contributed by atoms with E-state index in [-0.39, 0.29) is 18.4 Å². The van der Waals surface area contributed by atoms with Crippen LogP contribution in [0.1, 0.15) is 18.0 Å². The molecule has 0 aliphatic carbocycles. The predicted molar refractivity (Wildman–Crippen MR) is 101 cm³/mol. The summed E-state index contributed by atoms with van der Waals surface area (Å²) in [5.74, 6) is 0.0414. The second kappa shape index (κ2) is 6.86. The number of anilines is 2. The molecule has 124 valence electrons. The highest BCUT2D eigenvalue weighted by atomic mass is 32.1. The van der Waals surface area contributed by atoms with Crippen molar-refractivity contribution in [3.8, 4) is 0 Å². The molecule has 5 nitrogen and oxygen atoms in total. The summed E-state index contributed by atoms with van der Waals surface area (Å²) in [5.41, 5.74) is 5.68. The largest absolute Gasteiger partial charge is 0.299 e. The minimum absolute atomic E-state index is 0.0414. The number of nitrogens with one attached hydrogen (secondary N) is 1. The molecule has 4 rings (SSSR count). The van der Waals surface area contributed by atoms with Gasteiger partial charge in [-0.05, 0) is 17.7 Å². The Kier molecular flexibility index (Phi) is 4.26. The fraction of sp³-hybridized carbons (Fsp3) is 0.105. The molecule has 1 atom stereocenters. The molecule has 6 heteroatoms. The molecule has 0 saturated carbocycles. The third kappa shape index (κ3) is 3.16. The summed E-state index contributed by atoms with van der Waals surface area (Å²) in [6.45, 7) is 0. The Morgan fingerprint density at radius 1 is 1.08 bits per heavy atom. The Morgan fingerprint density at radius 2 is 1.80 bits per heavy atom. The third-order valence-electron chi connectivity index (χ3n) is 4.05. The maximum atomic E-state index is 12.7. The number of carbonyl (C=O) groups excluding carboxylic acids is 1. The van der Waals surface area contributed by atoms with Crippen molar-refractivity contribution in [1.29, 1.82) is 0 Å². The van der Waals surface area contributed by atoms with Crippen molar-refractivity contribution in [2.75, 3.05) is 10.3 Å². The van der Waals surface area contributed by atoms with Crippen LogP contribution in [0.25, 0.3) is 0 Å². The number of benzene rings is 2. The van der Waals surface area contributed by atoms with E-state index < -0.39 is 0 Å². The smallest absolute Gasteiger partial charge is 0.233 e. The number of amides is 1. The van der Waals surface area contributed by atoms with Crippen LogP contribution in [-0.4, -0.2) is 16.6 Å². The van der Waals surface area contributed by atoms with Crippen LogP contribution in [0, 0.1) is 0 Å². The van der Waals surface area contributed by atoms with Gasteiger partial charge in [0.05, 0.1) is 12.1 Å². The van der Waals surface area contributed by atoms with E-state index in [1.165, 1.54) is 11.3 Å². The molecule has 1 amide bonds. The zero-order valence-corrected chi connectivity index (χ0v) is 14.2. The van der Waals surface area contributed by atoms with Crippen LogP contribution in [0.5, 0.6) is 0 Å². The molecule has 2 aromatic carbocycles. The van der Waals surface area contributed by atoms with E-state index in [0.29, 0.717) is 5.13 Å². The number of hydrazone groups is 1. The fourth-order valence-electron chi connectivity index (χ4n) is 2.99. The Labute approximate surface area is 149 Å². The van der Waals surface area contributed by atoms with Crippen LogP contribution in [0.2, 0.25) is 0 Å². The van der Waals surface area contributed by atoms with Gasteiger partial charge < -0.3 is 0 Å². The van der Waals surface area contributed by atoms with Crippen molar-refractivity contribution in [2.24, 2.45) is 5.10 Å². The molecule has 0 radical (unpaired) electrons. The van der Waals surface area contributed by atoms with E-state index >= 15 is 0 Å². The molecule has 1 aromatic heterocycles. The maximum Gasteiger partial charge on any atom is 0.233 e. The molecular formula is C19H16N4OS. The average Bonchev–Trinajstić information content (AvgIpc) is 3.29. The lowest BCUT2D eigenvalue weighted by Gasteiger charge is -2.25. The number of hydrogen-bond acceptors (Lipinski definition) is 5. The van der Waals surface area contributed by atoms with Gasteiger partial charge in [0.2, 0.25) is 11.0 Å². The molecule has 1 N–H and O–H groups in total. The van der Waals surface area contributed by atoms with Crippen LogP contribution >= 0.6 is 11.3 Å². The first-order valence-electron chi connectivity index (χ1n) is 7.97. The molecular weight excluding hydrogens is 332 g/mol. The number of hydrogen-bond donors (Lipinski definition) is 1. The first-order valence-corrected chi connectivity index (χ1v) is 8.85. The fourth-order valence-corrected chi connectivity index (χ4v) is 3.46. The topological polar surface area (TPSA) is 57.6 Å². The zero-order valence-electron chi connectivity index (χ0n) is 13.4. The normalized spacial score (nSPS) is 18.7. The number of carbonyl (C=O) groups is 1. The minimum atomic E-state index is -0.219. The Bertz CT molecular complexity index is 878. The molecule has 2 heterocycles. The molecule has 0 spiro atoms. The maximum absolute atomic E-state index is 12.7. The number of aromatic nitrogens is 1. The van der Waals surface area contributed by atoms with Crippen molar-refractivity contribution in [1.82, 2.24) is 4.98 Å². The highest BCUT2D eigenvalue weighted by molar-refractivity contribution is 7.13. The van der Waals surface area contributed by atoms with Crippen LogP contribution in [-0.2, 0) is 4.79 Å². The van der Waals surface area contributed by atoms with Gasteiger partial charge in [0.15, 0.2) is 0 Å². The zero-order chi connectivity index (χ0) is 17.1. The van der Waals surface area contributed by atoms with Gasteiger partial charge in [-0.1, -0.05) is 48.5 Å². The Hall–Kier alpha value is -2.99. The predicted octanol–water partition coefficient (Wildman–Crippen LogP) is 4.09. The van der Waals surface area contributed by atoms with Gasteiger partial charge in [0.1, 0.15) is 6.04 Å². The molecule has 1 unspecified atom stereocenters. The van der Waals surface area contributed by atoms with E-state index in [2.05, 4.69) is 15.5 Å². The van der Waals surface area contributed by atoms with Crippen molar-refractivity contribution in [2.45, 2.75) is 12.5 Å². The standard InChI is InChI=1S/C19H16N4OS/c24-17-13-16(21-22-19-20-11-12-25-19)18(14-7-3-1-4-8-14)23(17)15-9-5-2-6-10-15/h1-12,18H,13H2,(H,20,22)/b21-16+. The summed E-state index contributed by atoms with van der Waals surface area (Å²) in [5, 5.41) is 7.10. The average molecular weight is 348 g/mol. The van der Waals surface area contributed by atoms with Gasteiger partial charge in [0, 0.05) is 17.3 Å². The van der Waals surface area contributed by atoms with Gasteiger partial charge >= 0.3 is 0 Å². The highest BCUT2D eigenvalue weighted by Crippen LogP contribution is 2.35. The van der Waals surface area contributed by atoms with Crippen molar-refractivity contribution in [3.63, 3.8) is 0 Å². The molecule has 1 aliphatic rings. The summed E-state index contributed by atoms with van der Waals surface area (Å²) in [6.07, 6.45) is 2.00. The number of rotatable bonds is 4. The van der Waals surface area contributed by atoms with Crippen molar-refractivity contribution in [3.05, 3.63) is 77.8 Å². The van der Waals surface area contributed by atoms with Crippen molar-refractivity contribution >= 4 is 33.8 Å². The molecule has 25 heavy (non-hydrogen) atoms. The Morgan fingerprint density at radius 3 is 2.48 bits per heavy atom. The third-order valence-corrected chi connectivity index (χ3v) is 4.73. The second-order valence-electron chi connectivity index (χ2n) is 5.64. The molecule has 0 bridgehead atoms. The summed E-state index contributed by atoms with van der Waals surface area (Å²) >= 11 is 1.47. The summed E-state index contributed by atoms with van der Waals surface area (Å²) in [7, 11) is 0. The molecule has 1 fully saturated rings. The first-order chi connectivity index (χ1) is 12.3.